The van der Waals surface area contributed by atoms with Gasteiger partial charge in [-0.2, -0.15) is 0 Å². The van der Waals surface area contributed by atoms with Gasteiger partial charge in [-0.05, 0) is 56.0 Å². The molecule has 1 saturated heterocycles. The molecule has 1 N–H and O–H groups in total. The maximum Gasteiger partial charge on any atom is 0.254 e. The first-order valence-corrected chi connectivity index (χ1v) is 11.9. The van der Waals surface area contributed by atoms with Crippen molar-refractivity contribution in [2.45, 2.75) is 38.8 Å². The number of sulfone groups is 1. The van der Waals surface area contributed by atoms with E-state index in [4.69, 9.17) is 0 Å². The van der Waals surface area contributed by atoms with E-state index in [2.05, 4.69) is 29.3 Å². The topological polar surface area (TPSA) is 66.5 Å². The van der Waals surface area contributed by atoms with Crippen molar-refractivity contribution in [2.75, 3.05) is 17.7 Å². The molecule has 0 saturated carbocycles. The Balaban J connectivity index is 1.77. The number of benzene rings is 2. The number of hydrogen-bond donors (Lipinski definition) is 1. The van der Waals surface area contributed by atoms with Gasteiger partial charge in [0, 0.05) is 29.9 Å². The lowest BCUT2D eigenvalue weighted by molar-refractivity contribution is 0.0943. The van der Waals surface area contributed by atoms with Gasteiger partial charge in [0.15, 0.2) is 9.84 Å². The van der Waals surface area contributed by atoms with E-state index >= 15 is 0 Å². The zero-order chi connectivity index (χ0) is 21.9. The van der Waals surface area contributed by atoms with Crippen LogP contribution in [0.15, 0.2) is 53.9 Å². The molecule has 30 heavy (non-hydrogen) atoms. The van der Waals surface area contributed by atoms with E-state index in [1.807, 2.05) is 12.1 Å². The summed E-state index contributed by atoms with van der Waals surface area (Å²) in [6.45, 7) is 4.54. The molecule has 0 unspecified atom stereocenters. The average molecular weight is 431 g/mol. The largest absolute Gasteiger partial charge is 0.364 e. The molecule has 2 aromatic rings. The van der Waals surface area contributed by atoms with Crippen LogP contribution in [0.5, 0.6) is 0 Å². The van der Waals surface area contributed by atoms with Crippen LogP contribution >= 0.6 is 0 Å². The predicted molar refractivity (Wildman–Crippen MR) is 118 cm³/mol. The number of hydrogen-bond acceptors (Lipinski definition) is 4. The van der Waals surface area contributed by atoms with E-state index in [1.54, 1.807) is 13.0 Å². The minimum absolute atomic E-state index is 0.0648. The quantitative estimate of drug-likeness (QED) is 0.748. The molecule has 7 heteroatoms. The Morgan fingerprint density at radius 3 is 2.67 bits per heavy atom. The van der Waals surface area contributed by atoms with E-state index < -0.39 is 27.6 Å². The first-order valence-electron chi connectivity index (χ1n) is 9.96. The third kappa shape index (κ3) is 5.27. The Morgan fingerprint density at radius 1 is 1.27 bits per heavy atom. The molecule has 5 nitrogen and oxygen atoms in total. The van der Waals surface area contributed by atoms with Gasteiger partial charge >= 0.3 is 0 Å². The summed E-state index contributed by atoms with van der Waals surface area (Å²) >= 11 is 0. The predicted octanol–water partition coefficient (Wildman–Crippen LogP) is 4.15. The molecule has 1 aliphatic heterocycles. The fourth-order valence-electron chi connectivity index (χ4n) is 3.82. The number of anilines is 1. The molecule has 1 amide bonds. The van der Waals surface area contributed by atoms with E-state index in [0.717, 1.165) is 36.7 Å². The van der Waals surface area contributed by atoms with Crippen LogP contribution in [0.4, 0.5) is 10.1 Å². The lowest BCUT2D eigenvalue weighted by Gasteiger charge is -2.28. The Bertz CT molecular complexity index is 1070. The maximum absolute atomic E-state index is 14.8. The summed E-state index contributed by atoms with van der Waals surface area (Å²) in [4.78, 5) is 14.6. The monoisotopic (exact) mass is 430 g/mol. The molecule has 1 aliphatic rings. The number of carbonyl (C=O) groups is 1. The van der Waals surface area contributed by atoms with Gasteiger partial charge in [0.1, 0.15) is 5.82 Å². The van der Waals surface area contributed by atoms with Crippen LogP contribution in [-0.2, 0) is 9.84 Å². The van der Waals surface area contributed by atoms with Crippen LogP contribution in [0.3, 0.4) is 0 Å². The van der Waals surface area contributed by atoms with Crippen molar-refractivity contribution in [3.8, 4) is 0 Å². The third-order valence-electron chi connectivity index (χ3n) is 5.30. The number of amides is 1. The zero-order valence-electron chi connectivity index (χ0n) is 17.4. The molecule has 1 fully saturated rings. The summed E-state index contributed by atoms with van der Waals surface area (Å²) in [5.74, 6) is -1.18. The van der Waals surface area contributed by atoms with Crippen molar-refractivity contribution in [3.63, 3.8) is 0 Å². The van der Waals surface area contributed by atoms with Crippen LogP contribution in [-0.4, -0.2) is 33.2 Å². The molecule has 160 valence electrons. The number of rotatable bonds is 6. The molecule has 0 aromatic heterocycles. The van der Waals surface area contributed by atoms with Gasteiger partial charge in [-0.15, -0.1) is 0 Å². The molecular formula is C23H27FN2O3S. The molecule has 2 aromatic carbocycles. The summed E-state index contributed by atoms with van der Waals surface area (Å²) in [6, 6.07) is 12.5. The Labute approximate surface area is 177 Å². The van der Waals surface area contributed by atoms with Crippen molar-refractivity contribution in [2.24, 2.45) is 0 Å². The highest BCUT2D eigenvalue weighted by atomic mass is 32.2. The second kappa shape index (κ2) is 9.00. The fraction of sp³-hybridized carbons (Fsp3) is 0.348. The third-order valence-corrected chi connectivity index (χ3v) is 5.95. The summed E-state index contributed by atoms with van der Waals surface area (Å²) in [7, 11) is -3.29. The Kier molecular flexibility index (Phi) is 6.61. The number of halogens is 1. The number of carbonyl (C=O) groups excluding carboxylic acids is 1. The van der Waals surface area contributed by atoms with Gasteiger partial charge in [0.25, 0.3) is 5.91 Å². The maximum atomic E-state index is 14.8. The molecule has 1 heterocycles. The highest BCUT2D eigenvalue weighted by Gasteiger charge is 2.28. The minimum Gasteiger partial charge on any atom is -0.364 e. The Morgan fingerprint density at radius 2 is 2.00 bits per heavy atom. The van der Waals surface area contributed by atoms with Gasteiger partial charge in [0.2, 0.25) is 0 Å². The second-order valence-corrected chi connectivity index (χ2v) is 9.72. The Hall–Kier alpha value is -2.67. The van der Waals surface area contributed by atoms with E-state index in [0.29, 0.717) is 0 Å². The smallest absolute Gasteiger partial charge is 0.254 e. The summed E-state index contributed by atoms with van der Waals surface area (Å²) in [6.07, 6.45) is 4.45. The van der Waals surface area contributed by atoms with Crippen molar-refractivity contribution in [3.05, 3.63) is 76.5 Å². The average Bonchev–Trinajstić information content (AvgIpc) is 3.15. The van der Waals surface area contributed by atoms with Gasteiger partial charge in [-0.25, -0.2) is 12.8 Å². The molecular weight excluding hydrogens is 403 g/mol. The van der Waals surface area contributed by atoms with Crippen molar-refractivity contribution in [1.82, 2.24) is 5.32 Å². The minimum atomic E-state index is -3.29. The normalized spacial score (nSPS) is 18.0. The van der Waals surface area contributed by atoms with E-state index in [-0.39, 0.29) is 11.6 Å². The van der Waals surface area contributed by atoms with Crippen LogP contribution in [0, 0.1) is 12.7 Å². The van der Waals surface area contributed by atoms with Crippen LogP contribution in [0.2, 0.25) is 0 Å². The summed E-state index contributed by atoms with van der Waals surface area (Å²) in [5, 5.41) is 3.62. The first-order chi connectivity index (χ1) is 14.2. The van der Waals surface area contributed by atoms with Crippen LogP contribution in [0.25, 0.3) is 0 Å². The molecule has 0 radical (unpaired) electrons. The highest BCUT2D eigenvalue weighted by Crippen LogP contribution is 2.37. The summed E-state index contributed by atoms with van der Waals surface area (Å²) in [5.41, 5.74) is 3.13. The first kappa shape index (κ1) is 22.0. The second-order valence-electron chi connectivity index (χ2n) is 7.79. The molecule has 0 spiro atoms. The lowest BCUT2D eigenvalue weighted by atomic mass is 9.99. The van der Waals surface area contributed by atoms with E-state index in [9.17, 15) is 17.6 Å². The van der Waals surface area contributed by atoms with Crippen molar-refractivity contribution in [1.29, 1.82) is 0 Å². The highest BCUT2D eigenvalue weighted by molar-refractivity contribution is 7.93. The molecule has 3 rings (SSSR count). The molecule has 0 aliphatic carbocycles. The SMILES string of the molecule is Cc1ccccc1[C@@H]1CCCN1c1ccc(C(=O)N[C@H](C)/C=C/S(C)(=O)=O)c(F)c1. The molecule has 0 bridgehead atoms. The van der Waals surface area contributed by atoms with E-state index in [1.165, 1.54) is 29.3 Å². The van der Waals surface area contributed by atoms with Gasteiger partial charge in [-0.3, -0.25) is 4.79 Å². The van der Waals surface area contributed by atoms with Gasteiger partial charge < -0.3 is 10.2 Å². The number of nitrogens with zero attached hydrogens (tertiary/aromatic N) is 1. The summed E-state index contributed by atoms with van der Waals surface area (Å²) < 4.78 is 37.2. The number of nitrogens with one attached hydrogen (secondary N) is 1. The lowest BCUT2D eigenvalue weighted by Crippen LogP contribution is -2.32. The standard InChI is InChI=1S/C23H27FN2O3S/c1-16-7-4-5-8-19(16)22-9-6-13-26(22)18-10-11-20(21(24)15-18)23(27)25-17(2)12-14-30(3,28)29/h4-5,7-8,10-12,14-15,17,22H,6,9,13H2,1-3H3,(H,25,27)/b14-12+/t17-,22+/m1/s1. The van der Waals surface area contributed by atoms with Crippen molar-refractivity contribution >= 4 is 21.4 Å². The van der Waals surface area contributed by atoms with Crippen LogP contribution < -0.4 is 10.2 Å². The number of aryl methyl sites for hydroxylation is 1. The van der Waals surface area contributed by atoms with Gasteiger partial charge in [0.05, 0.1) is 11.6 Å². The van der Waals surface area contributed by atoms with Crippen molar-refractivity contribution < 1.29 is 17.6 Å². The molecule has 2 atom stereocenters. The van der Waals surface area contributed by atoms with Gasteiger partial charge in [-0.1, -0.05) is 30.3 Å². The zero-order valence-corrected chi connectivity index (χ0v) is 18.2. The fourth-order valence-corrected chi connectivity index (χ4v) is 4.34. The van der Waals surface area contributed by atoms with Crippen LogP contribution in [0.1, 0.15) is 47.3 Å².